The molecule has 0 fully saturated rings. The van der Waals surface area contributed by atoms with Crippen molar-refractivity contribution >= 4 is 17.6 Å². The van der Waals surface area contributed by atoms with Crippen LogP contribution in [0.2, 0.25) is 0 Å². The molecule has 7 nitrogen and oxygen atoms in total. The van der Waals surface area contributed by atoms with Crippen molar-refractivity contribution in [2.75, 3.05) is 26.6 Å². The molecule has 0 atom stereocenters. The van der Waals surface area contributed by atoms with Gasteiger partial charge in [0.2, 0.25) is 5.91 Å². The van der Waals surface area contributed by atoms with Crippen LogP contribution in [0.15, 0.2) is 36.4 Å². The molecule has 0 saturated heterocycles. The Morgan fingerprint density at radius 3 is 2.33 bits per heavy atom. The Morgan fingerprint density at radius 2 is 1.70 bits per heavy atom. The molecule has 2 N–H and O–H groups in total. The molecule has 0 bridgehead atoms. The average Bonchev–Trinajstić information content (AvgIpc) is 2.67. The number of nitrogens with one attached hydrogen (secondary N) is 1. The first-order chi connectivity index (χ1) is 13.0. The molecule has 27 heavy (non-hydrogen) atoms. The van der Waals surface area contributed by atoms with Crippen LogP contribution in [-0.4, -0.2) is 38.3 Å². The van der Waals surface area contributed by atoms with E-state index >= 15 is 0 Å². The number of aryl methyl sites for hydroxylation is 1. The topological polar surface area (TPSA) is 94.1 Å². The summed E-state index contributed by atoms with van der Waals surface area (Å²) in [5.41, 5.74) is 1.53. The largest absolute Gasteiger partial charge is 0.497 e. The summed E-state index contributed by atoms with van der Waals surface area (Å²) in [6, 6.07) is 10.0. The van der Waals surface area contributed by atoms with E-state index in [0.29, 0.717) is 30.7 Å². The molecule has 0 aliphatic carbocycles. The smallest absolute Gasteiger partial charge is 0.339 e. The van der Waals surface area contributed by atoms with E-state index in [4.69, 9.17) is 19.3 Å². The van der Waals surface area contributed by atoms with E-state index in [2.05, 4.69) is 5.32 Å². The highest BCUT2D eigenvalue weighted by atomic mass is 16.5. The Balaban J connectivity index is 1.92. The molecule has 7 heteroatoms. The monoisotopic (exact) mass is 373 g/mol. The number of amides is 1. The van der Waals surface area contributed by atoms with Gasteiger partial charge in [-0.25, -0.2) is 4.79 Å². The van der Waals surface area contributed by atoms with Gasteiger partial charge >= 0.3 is 5.97 Å². The summed E-state index contributed by atoms with van der Waals surface area (Å²) < 4.78 is 15.6. The molecule has 0 unspecified atom stereocenters. The van der Waals surface area contributed by atoms with Crippen LogP contribution in [0.25, 0.3) is 0 Å². The third kappa shape index (κ3) is 5.37. The van der Waals surface area contributed by atoms with Crippen LogP contribution in [0, 0.1) is 0 Å². The third-order valence-electron chi connectivity index (χ3n) is 4.06. The first-order valence-corrected chi connectivity index (χ1v) is 8.40. The van der Waals surface area contributed by atoms with Gasteiger partial charge in [-0.1, -0.05) is 6.07 Å². The second-order valence-electron chi connectivity index (χ2n) is 5.80. The van der Waals surface area contributed by atoms with E-state index in [9.17, 15) is 9.59 Å². The maximum absolute atomic E-state index is 12.2. The van der Waals surface area contributed by atoms with Crippen molar-refractivity contribution in [1.82, 2.24) is 0 Å². The van der Waals surface area contributed by atoms with Gasteiger partial charge in [0.1, 0.15) is 22.8 Å². The molecule has 1 amide bonds. The van der Waals surface area contributed by atoms with Gasteiger partial charge in [-0.15, -0.1) is 0 Å². The molecule has 0 aliphatic rings. The van der Waals surface area contributed by atoms with Crippen LogP contribution in [0.4, 0.5) is 5.69 Å². The first-order valence-electron chi connectivity index (χ1n) is 8.40. The third-order valence-corrected chi connectivity index (χ3v) is 4.06. The summed E-state index contributed by atoms with van der Waals surface area (Å²) >= 11 is 0. The number of hydrogen-bond acceptors (Lipinski definition) is 5. The fraction of sp³-hybridized carbons (Fsp3) is 0.300. The summed E-state index contributed by atoms with van der Waals surface area (Å²) in [6.07, 6.45) is 1.64. The number of hydrogen-bond donors (Lipinski definition) is 2. The molecular formula is C20H23NO6. The summed E-state index contributed by atoms with van der Waals surface area (Å²) in [6.45, 7) is 0. The SMILES string of the molecule is COc1ccc(CCCC(=O)Nc2ccc(C(=O)O)c(OC)c2)c(OC)c1. The number of benzene rings is 2. The molecule has 0 aromatic heterocycles. The zero-order valence-electron chi connectivity index (χ0n) is 15.6. The molecule has 2 aromatic carbocycles. The second-order valence-corrected chi connectivity index (χ2v) is 5.80. The second kappa shape index (κ2) is 9.47. The Kier molecular flexibility index (Phi) is 7.05. The minimum Gasteiger partial charge on any atom is -0.497 e. The van der Waals surface area contributed by atoms with Crippen LogP contribution in [0.3, 0.4) is 0 Å². The van der Waals surface area contributed by atoms with Crippen LogP contribution < -0.4 is 19.5 Å². The number of carbonyl (C=O) groups excluding carboxylic acids is 1. The van der Waals surface area contributed by atoms with E-state index in [0.717, 1.165) is 11.3 Å². The number of ether oxygens (including phenoxy) is 3. The summed E-state index contributed by atoms with van der Waals surface area (Å²) in [7, 11) is 4.57. The van der Waals surface area contributed by atoms with Crippen LogP contribution in [-0.2, 0) is 11.2 Å². The number of methoxy groups -OCH3 is 3. The summed E-state index contributed by atoms with van der Waals surface area (Å²) in [4.78, 5) is 23.3. The van der Waals surface area contributed by atoms with Gasteiger partial charge in [-0.3, -0.25) is 4.79 Å². The number of carboxylic acid groups (broad SMARTS) is 1. The lowest BCUT2D eigenvalue weighted by Crippen LogP contribution is -2.12. The van der Waals surface area contributed by atoms with Crippen molar-refractivity contribution < 1.29 is 28.9 Å². The molecular weight excluding hydrogens is 350 g/mol. The van der Waals surface area contributed by atoms with Crippen molar-refractivity contribution in [1.29, 1.82) is 0 Å². The van der Waals surface area contributed by atoms with Crippen molar-refractivity contribution in [3.05, 3.63) is 47.5 Å². The zero-order valence-corrected chi connectivity index (χ0v) is 15.6. The molecule has 0 radical (unpaired) electrons. The average molecular weight is 373 g/mol. The van der Waals surface area contributed by atoms with E-state index in [-0.39, 0.29) is 17.2 Å². The van der Waals surface area contributed by atoms with Gasteiger partial charge < -0.3 is 24.6 Å². The number of carboxylic acids is 1. The van der Waals surface area contributed by atoms with Crippen molar-refractivity contribution in [3.63, 3.8) is 0 Å². The van der Waals surface area contributed by atoms with Gasteiger partial charge in [0, 0.05) is 24.2 Å². The summed E-state index contributed by atoms with van der Waals surface area (Å²) in [5.74, 6) is 0.393. The van der Waals surface area contributed by atoms with Crippen LogP contribution in [0.5, 0.6) is 17.2 Å². The van der Waals surface area contributed by atoms with Gasteiger partial charge in [-0.2, -0.15) is 0 Å². The maximum Gasteiger partial charge on any atom is 0.339 e. The fourth-order valence-electron chi connectivity index (χ4n) is 2.67. The number of aromatic carboxylic acids is 1. The van der Waals surface area contributed by atoms with Gasteiger partial charge in [0.05, 0.1) is 21.3 Å². The van der Waals surface area contributed by atoms with Gasteiger partial charge in [0.25, 0.3) is 0 Å². The van der Waals surface area contributed by atoms with Gasteiger partial charge in [0.15, 0.2) is 0 Å². The van der Waals surface area contributed by atoms with E-state index in [1.807, 2.05) is 18.2 Å². The Labute approximate surface area is 157 Å². The number of anilines is 1. The molecule has 144 valence electrons. The van der Waals surface area contributed by atoms with Crippen molar-refractivity contribution in [3.8, 4) is 17.2 Å². The predicted molar refractivity (Wildman–Crippen MR) is 101 cm³/mol. The van der Waals surface area contributed by atoms with E-state index in [1.165, 1.54) is 25.3 Å². The number of carbonyl (C=O) groups is 2. The lowest BCUT2D eigenvalue weighted by atomic mass is 10.1. The normalized spacial score (nSPS) is 10.2. The first kappa shape index (κ1) is 20.1. The molecule has 0 saturated carbocycles. The highest BCUT2D eigenvalue weighted by Crippen LogP contribution is 2.26. The fourth-order valence-corrected chi connectivity index (χ4v) is 2.67. The molecule has 2 aromatic rings. The number of rotatable bonds is 9. The summed E-state index contributed by atoms with van der Waals surface area (Å²) in [5, 5.41) is 11.8. The molecule has 0 heterocycles. The molecule has 0 aliphatic heterocycles. The zero-order chi connectivity index (χ0) is 19.8. The molecule has 2 rings (SSSR count). The Hall–Kier alpha value is -3.22. The van der Waals surface area contributed by atoms with Crippen LogP contribution >= 0.6 is 0 Å². The minimum absolute atomic E-state index is 0.0436. The highest BCUT2D eigenvalue weighted by Gasteiger charge is 2.12. The predicted octanol–water partition coefficient (Wildman–Crippen LogP) is 3.37. The van der Waals surface area contributed by atoms with Crippen molar-refractivity contribution in [2.24, 2.45) is 0 Å². The van der Waals surface area contributed by atoms with Crippen LogP contribution in [0.1, 0.15) is 28.8 Å². The Bertz CT molecular complexity index is 818. The molecule has 0 spiro atoms. The maximum atomic E-state index is 12.2. The lowest BCUT2D eigenvalue weighted by molar-refractivity contribution is -0.116. The van der Waals surface area contributed by atoms with E-state index in [1.54, 1.807) is 14.2 Å². The minimum atomic E-state index is -1.09. The quantitative estimate of drug-likeness (QED) is 0.700. The Morgan fingerprint density at radius 1 is 0.963 bits per heavy atom. The highest BCUT2D eigenvalue weighted by molar-refractivity contribution is 5.94. The van der Waals surface area contributed by atoms with Crippen molar-refractivity contribution in [2.45, 2.75) is 19.3 Å². The van der Waals surface area contributed by atoms with E-state index < -0.39 is 5.97 Å². The van der Waals surface area contributed by atoms with Gasteiger partial charge in [-0.05, 0) is 36.6 Å². The standard InChI is InChI=1S/C20H23NO6/c1-25-15-9-7-13(17(12-15)26-2)5-4-6-19(22)21-14-8-10-16(20(23)24)18(11-14)27-3/h7-12H,4-6H2,1-3H3,(H,21,22)(H,23,24). The lowest BCUT2D eigenvalue weighted by Gasteiger charge is -2.11.